The van der Waals surface area contributed by atoms with Gasteiger partial charge in [-0.1, -0.05) is 18.2 Å². The number of amides is 3. The minimum absolute atomic E-state index is 0.335. The van der Waals surface area contributed by atoms with Crippen molar-refractivity contribution in [2.45, 2.75) is 6.42 Å². The fourth-order valence-electron chi connectivity index (χ4n) is 1.24. The van der Waals surface area contributed by atoms with E-state index in [1.54, 1.807) is 24.3 Å². The Hall–Kier alpha value is -2.37. The Bertz CT molecular complexity index is 406. The maximum absolute atomic E-state index is 11.4. The van der Waals surface area contributed by atoms with Crippen LogP contribution in [0.4, 0.5) is 5.69 Å². The smallest absolute Gasteiger partial charge is 0.313 e. The second-order valence-electron chi connectivity index (χ2n) is 3.50. The Labute approximate surface area is 105 Å². The van der Waals surface area contributed by atoms with E-state index in [2.05, 4.69) is 16.0 Å². The van der Waals surface area contributed by atoms with Gasteiger partial charge in [-0.05, 0) is 18.6 Å². The molecule has 18 heavy (non-hydrogen) atoms. The Morgan fingerprint density at radius 1 is 1.06 bits per heavy atom. The molecule has 0 radical (unpaired) electrons. The monoisotopic (exact) mass is 249 g/mol. The maximum Gasteiger partial charge on any atom is 0.313 e. The zero-order valence-corrected chi connectivity index (χ0v) is 9.81. The highest BCUT2D eigenvalue weighted by Gasteiger charge is 2.12. The Morgan fingerprint density at radius 3 is 2.44 bits per heavy atom. The molecule has 0 aliphatic carbocycles. The van der Waals surface area contributed by atoms with E-state index >= 15 is 0 Å². The van der Waals surface area contributed by atoms with E-state index in [4.69, 9.17) is 0 Å². The first-order valence-electron chi connectivity index (χ1n) is 5.55. The predicted molar refractivity (Wildman–Crippen MR) is 66.8 cm³/mol. The zero-order valence-electron chi connectivity index (χ0n) is 9.81. The van der Waals surface area contributed by atoms with Crippen LogP contribution in [0.3, 0.4) is 0 Å². The van der Waals surface area contributed by atoms with Crippen LogP contribution in [0.5, 0.6) is 0 Å². The van der Waals surface area contributed by atoms with Crippen molar-refractivity contribution in [1.29, 1.82) is 0 Å². The molecular formula is C12H15N3O3. The molecular weight excluding hydrogens is 234 g/mol. The van der Waals surface area contributed by atoms with Gasteiger partial charge in [-0.2, -0.15) is 0 Å². The Morgan fingerprint density at radius 2 is 1.78 bits per heavy atom. The van der Waals surface area contributed by atoms with Gasteiger partial charge in [0.2, 0.25) is 6.41 Å². The fourth-order valence-corrected chi connectivity index (χ4v) is 1.24. The van der Waals surface area contributed by atoms with E-state index < -0.39 is 11.8 Å². The molecule has 0 spiro atoms. The van der Waals surface area contributed by atoms with Crippen LogP contribution in [0.25, 0.3) is 0 Å². The van der Waals surface area contributed by atoms with Crippen molar-refractivity contribution in [3.05, 3.63) is 30.3 Å². The molecule has 0 saturated heterocycles. The molecule has 3 amide bonds. The van der Waals surface area contributed by atoms with E-state index in [-0.39, 0.29) is 0 Å². The average Bonchev–Trinajstić information content (AvgIpc) is 2.39. The van der Waals surface area contributed by atoms with Gasteiger partial charge in [-0.3, -0.25) is 14.4 Å². The predicted octanol–water partition coefficient (Wildman–Crippen LogP) is -0.123. The molecule has 3 N–H and O–H groups in total. The lowest BCUT2D eigenvalue weighted by Crippen LogP contribution is -2.36. The molecule has 1 aromatic rings. The number of nitrogens with one attached hydrogen (secondary N) is 3. The van der Waals surface area contributed by atoms with E-state index in [0.717, 1.165) is 0 Å². The molecule has 6 nitrogen and oxygen atoms in total. The lowest BCUT2D eigenvalue weighted by Gasteiger charge is -2.06. The highest BCUT2D eigenvalue weighted by atomic mass is 16.2. The standard InChI is InChI=1S/C12H15N3O3/c16-9-13-7-4-8-14-11(17)12(18)15-10-5-2-1-3-6-10/h1-3,5-6,9H,4,7-8H2,(H,13,16)(H,14,17)(H,15,18). The van der Waals surface area contributed by atoms with Gasteiger partial charge < -0.3 is 16.0 Å². The van der Waals surface area contributed by atoms with Crippen LogP contribution in [0.15, 0.2) is 30.3 Å². The summed E-state index contributed by atoms with van der Waals surface area (Å²) in [6.07, 6.45) is 1.16. The molecule has 96 valence electrons. The van der Waals surface area contributed by atoms with E-state index in [0.29, 0.717) is 31.6 Å². The average molecular weight is 249 g/mol. The van der Waals surface area contributed by atoms with Crippen molar-refractivity contribution in [3.8, 4) is 0 Å². The van der Waals surface area contributed by atoms with Crippen LogP contribution in [0, 0.1) is 0 Å². The van der Waals surface area contributed by atoms with Crippen molar-refractivity contribution in [1.82, 2.24) is 10.6 Å². The lowest BCUT2D eigenvalue weighted by molar-refractivity contribution is -0.136. The minimum atomic E-state index is -0.704. The number of carbonyl (C=O) groups is 3. The third-order valence-corrected chi connectivity index (χ3v) is 2.10. The second kappa shape index (κ2) is 7.83. The SMILES string of the molecule is O=CNCCCNC(=O)C(=O)Nc1ccccc1. The number of para-hydroxylation sites is 1. The maximum atomic E-state index is 11.4. The van der Waals surface area contributed by atoms with Crippen molar-refractivity contribution >= 4 is 23.9 Å². The summed E-state index contributed by atoms with van der Waals surface area (Å²) >= 11 is 0. The van der Waals surface area contributed by atoms with Gasteiger partial charge >= 0.3 is 11.8 Å². The summed E-state index contributed by atoms with van der Waals surface area (Å²) in [5, 5.41) is 7.38. The first-order valence-corrected chi connectivity index (χ1v) is 5.55. The van der Waals surface area contributed by atoms with Crippen LogP contribution in [0.1, 0.15) is 6.42 Å². The van der Waals surface area contributed by atoms with Crippen molar-refractivity contribution < 1.29 is 14.4 Å². The van der Waals surface area contributed by atoms with Gasteiger partial charge in [0.1, 0.15) is 0 Å². The van der Waals surface area contributed by atoms with Crippen LogP contribution in [-0.4, -0.2) is 31.3 Å². The number of benzene rings is 1. The van der Waals surface area contributed by atoms with E-state index in [1.807, 2.05) is 6.07 Å². The van der Waals surface area contributed by atoms with Gasteiger partial charge in [0.05, 0.1) is 0 Å². The van der Waals surface area contributed by atoms with Crippen LogP contribution in [0.2, 0.25) is 0 Å². The Balaban J connectivity index is 2.25. The van der Waals surface area contributed by atoms with Crippen LogP contribution >= 0.6 is 0 Å². The van der Waals surface area contributed by atoms with Crippen LogP contribution in [-0.2, 0) is 14.4 Å². The molecule has 0 atom stereocenters. The van der Waals surface area contributed by atoms with Gasteiger partial charge in [0, 0.05) is 18.8 Å². The third-order valence-electron chi connectivity index (χ3n) is 2.10. The lowest BCUT2D eigenvalue weighted by atomic mass is 10.3. The number of rotatable bonds is 6. The molecule has 0 aromatic heterocycles. The Kier molecular flexibility index (Phi) is 5.96. The molecule has 0 bridgehead atoms. The molecule has 0 aliphatic heterocycles. The first kappa shape index (κ1) is 13.7. The first-order chi connectivity index (χ1) is 8.74. The minimum Gasteiger partial charge on any atom is -0.359 e. The summed E-state index contributed by atoms with van der Waals surface area (Å²) in [4.78, 5) is 32.8. The molecule has 0 unspecified atom stereocenters. The number of hydrogen-bond donors (Lipinski definition) is 3. The number of anilines is 1. The van der Waals surface area contributed by atoms with Gasteiger partial charge in [0.15, 0.2) is 0 Å². The van der Waals surface area contributed by atoms with Crippen molar-refractivity contribution in [3.63, 3.8) is 0 Å². The summed E-state index contributed by atoms with van der Waals surface area (Å²) in [6, 6.07) is 8.73. The zero-order chi connectivity index (χ0) is 13.2. The summed E-state index contributed by atoms with van der Waals surface area (Å²) in [5.41, 5.74) is 0.570. The van der Waals surface area contributed by atoms with E-state index in [9.17, 15) is 14.4 Å². The van der Waals surface area contributed by atoms with Crippen molar-refractivity contribution in [2.75, 3.05) is 18.4 Å². The molecule has 6 heteroatoms. The number of carbonyl (C=O) groups excluding carboxylic acids is 3. The van der Waals surface area contributed by atoms with Gasteiger partial charge in [-0.25, -0.2) is 0 Å². The quantitative estimate of drug-likeness (QED) is 0.373. The summed E-state index contributed by atoms with van der Waals surface area (Å²) in [7, 11) is 0. The topological polar surface area (TPSA) is 87.3 Å². The molecule has 0 aliphatic rings. The summed E-state index contributed by atoms with van der Waals surface area (Å²) < 4.78 is 0. The highest BCUT2D eigenvalue weighted by Crippen LogP contribution is 2.04. The van der Waals surface area contributed by atoms with Crippen molar-refractivity contribution in [2.24, 2.45) is 0 Å². The summed E-state index contributed by atoms with van der Waals surface area (Å²) in [6.45, 7) is 0.798. The number of hydrogen-bond acceptors (Lipinski definition) is 3. The van der Waals surface area contributed by atoms with E-state index in [1.165, 1.54) is 0 Å². The second-order valence-corrected chi connectivity index (χ2v) is 3.50. The van der Waals surface area contributed by atoms with Crippen LogP contribution < -0.4 is 16.0 Å². The molecule has 0 saturated carbocycles. The molecule has 0 heterocycles. The molecule has 0 fully saturated rings. The highest BCUT2D eigenvalue weighted by molar-refractivity contribution is 6.39. The largest absolute Gasteiger partial charge is 0.359 e. The third kappa shape index (κ3) is 5.11. The van der Waals surface area contributed by atoms with Gasteiger partial charge in [0.25, 0.3) is 0 Å². The summed E-state index contributed by atoms with van der Waals surface area (Å²) in [5.74, 6) is -1.39. The molecule has 1 rings (SSSR count). The molecule has 1 aromatic carbocycles. The fraction of sp³-hybridized carbons (Fsp3) is 0.250. The normalized spacial score (nSPS) is 9.33. The van der Waals surface area contributed by atoms with Gasteiger partial charge in [-0.15, -0.1) is 0 Å².